The van der Waals surface area contributed by atoms with E-state index in [1.807, 2.05) is 19.9 Å². The SMILES string of the molecule is CCOc1cc(OCC)c(/C=C(/C#N)C(=O)N(C)C)cc1Br. The van der Waals surface area contributed by atoms with E-state index >= 15 is 0 Å². The zero-order valence-electron chi connectivity index (χ0n) is 13.1. The normalized spacial score (nSPS) is 10.8. The third kappa shape index (κ3) is 4.50. The van der Waals surface area contributed by atoms with E-state index in [1.54, 1.807) is 26.2 Å². The van der Waals surface area contributed by atoms with Crippen molar-refractivity contribution in [2.75, 3.05) is 27.3 Å². The van der Waals surface area contributed by atoms with Gasteiger partial charge in [-0.2, -0.15) is 5.26 Å². The zero-order valence-corrected chi connectivity index (χ0v) is 14.7. The molecule has 22 heavy (non-hydrogen) atoms. The lowest BCUT2D eigenvalue weighted by Crippen LogP contribution is -2.22. The summed E-state index contributed by atoms with van der Waals surface area (Å²) in [6.07, 6.45) is 1.52. The van der Waals surface area contributed by atoms with Gasteiger partial charge in [0, 0.05) is 25.7 Å². The van der Waals surface area contributed by atoms with Crippen LogP contribution in [-0.4, -0.2) is 38.1 Å². The summed E-state index contributed by atoms with van der Waals surface area (Å²) in [6.45, 7) is 4.76. The van der Waals surface area contributed by atoms with E-state index in [2.05, 4.69) is 15.9 Å². The number of ether oxygens (including phenoxy) is 2. The minimum atomic E-state index is -0.352. The summed E-state index contributed by atoms with van der Waals surface area (Å²) in [5.41, 5.74) is 0.686. The molecule has 1 aromatic rings. The number of amides is 1. The molecule has 0 aliphatic heterocycles. The van der Waals surface area contributed by atoms with Crippen molar-refractivity contribution >= 4 is 27.9 Å². The molecule has 0 saturated carbocycles. The van der Waals surface area contributed by atoms with E-state index in [4.69, 9.17) is 9.47 Å². The summed E-state index contributed by atoms with van der Waals surface area (Å²) in [7, 11) is 3.20. The fourth-order valence-corrected chi connectivity index (χ4v) is 2.22. The highest BCUT2D eigenvalue weighted by Gasteiger charge is 2.14. The van der Waals surface area contributed by atoms with E-state index in [0.29, 0.717) is 30.3 Å². The predicted octanol–water partition coefficient (Wildman–Crippen LogP) is 3.24. The van der Waals surface area contributed by atoms with Gasteiger partial charge in [-0.15, -0.1) is 0 Å². The van der Waals surface area contributed by atoms with E-state index in [1.165, 1.54) is 11.0 Å². The average molecular weight is 367 g/mol. The average Bonchev–Trinajstić information content (AvgIpc) is 2.48. The van der Waals surface area contributed by atoms with Crippen LogP contribution in [0.25, 0.3) is 6.08 Å². The quantitative estimate of drug-likeness (QED) is 0.572. The number of halogens is 1. The van der Waals surface area contributed by atoms with Crippen molar-refractivity contribution in [1.82, 2.24) is 4.90 Å². The molecule has 6 heteroatoms. The second kappa shape index (κ2) is 8.44. The van der Waals surface area contributed by atoms with Crippen LogP contribution in [0.2, 0.25) is 0 Å². The molecule has 5 nitrogen and oxygen atoms in total. The first-order valence-corrected chi connectivity index (χ1v) is 7.66. The predicted molar refractivity (Wildman–Crippen MR) is 88.8 cm³/mol. The molecular formula is C16H19BrN2O3. The van der Waals surface area contributed by atoms with Crippen LogP contribution in [0, 0.1) is 11.3 Å². The van der Waals surface area contributed by atoms with Crippen molar-refractivity contribution in [1.29, 1.82) is 5.26 Å². The van der Waals surface area contributed by atoms with Crippen LogP contribution >= 0.6 is 15.9 Å². The number of rotatable bonds is 6. The molecule has 1 aromatic carbocycles. The lowest BCUT2D eigenvalue weighted by molar-refractivity contribution is -0.124. The van der Waals surface area contributed by atoms with Crippen LogP contribution in [0.4, 0.5) is 0 Å². The summed E-state index contributed by atoms with van der Waals surface area (Å²) in [4.78, 5) is 13.3. The number of benzene rings is 1. The smallest absolute Gasteiger partial charge is 0.264 e. The monoisotopic (exact) mass is 366 g/mol. The van der Waals surface area contributed by atoms with E-state index in [9.17, 15) is 10.1 Å². The Kier molecular flexibility index (Phi) is 6.93. The molecule has 0 aromatic heterocycles. The molecule has 0 atom stereocenters. The minimum Gasteiger partial charge on any atom is -0.493 e. The number of hydrogen-bond donors (Lipinski definition) is 0. The lowest BCUT2D eigenvalue weighted by atomic mass is 10.1. The number of nitrogens with zero attached hydrogens (tertiary/aromatic N) is 2. The Balaban J connectivity index is 3.36. The van der Waals surface area contributed by atoms with Crippen LogP contribution in [0.1, 0.15) is 19.4 Å². The summed E-state index contributed by atoms with van der Waals surface area (Å²) >= 11 is 3.42. The van der Waals surface area contributed by atoms with Crippen LogP contribution in [0.15, 0.2) is 22.2 Å². The molecule has 0 N–H and O–H groups in total. The Morgan fingerprint density at radius 1 is 1.27 bits per heavy atom. The maximum atomic E-state index is 12.0. The lowest BCUT2D eigenvalue weighted by Gasteiger charge is -2.13. The third-order valence-corrected chi connectivity index (χ3v) is 3.34. The molecule has 0 radical (unpaired) electrons. The van der Waals surface area contributed by atoms with Crippen LogP contribution in [0.5, 0.6) is 11.5 Å². The van der Waals surface area contributed by atoms with E-state index < -0.39 is 0 Å². The van der Waals surface area contributed by atoms with Gasteiger partial charge in [0.25, 0.3) is 5.91 Å². The molecule has 0 aliphatic carbocycles. The Morgan fingerprint density at radius 2 is 1.86 bits per heavy atom. The number of carbonyl (C=O) groups excluding carboxylic acids is 1. The first-order valence-electron chi connectivity index (χ1n) is 6.87. The van der Waals surface area contributed by atoms with E-state index in [-0.39, 0.29) is 11.5 Å². The highest BCUT2D eigenvalue weighted by atomic mass is 79.9. The van der Waals surface area contributed by atoms with Gasteiger partial charge in [0.15, 0.2) is 0 Å². The second-order valence-corrected chi connectivity index (χ2v) is 5.41. The molecular weight excluding hydrogens is 348 g/mol. The van der Waals surface area contributed by atoms with Gasteiger partial charge in [-0.05, 0) is 41.9 Å². The zero-order chi connectivity index (χ0) is 16.7. The molecule has 1 amide bonds. The van der Waals surface area contributed by atoms with Gasteiger partial charge >= 0.3 is 0 Å². The van der Waals surface area contributed by atoms with Gasteiger partial charge in [-0.1, -0.05) is 0 Å². The molecule has 1 rings (SSSR count). The molecule has 0 saturated heterocycles. The molecule has 0 bridgehead atoms. The second-order valence-electron chi connectivity index (χ2n) is 4.56. The van der Waals surface area contributed by atoms with Crippen molar-refractivity contribution < 1.29 is 14.3 Å². The standard InChI is InChI=1S/C16H19BrN2O3/c1-5-21-14-9-15(22-6-2)13(17)8-11(14)7-12(10-18)16(20)19(3)4/h7-9H,5-6H2,1-4H3/b12-7-. The highest BCUT2D eigenvalue weighted by Crippen LogP contribution is 2.34. The Bertz CT molecular complexity index is 619. The van der Waals surface area contributed by atoms with Crippen molar-refractivity contribution in [2.24, 2.45) is 0 Å². The Hall–Kier alpha value is -2.00. The molecule has 0 unspecified atom stereocenters. The van der Waals surface area contributed by atoms with Crippen molar-refractivity contribution in [3.63, 3.8) is 0 Å². The van der Waals surface area contributed by atoms with E-state index in [0.717, 1.165) is 4.47 Å². The number of carbonyl (C=O) groups is 1. The van der Waals surface area contributed by atoms with Crippen molar-refractivity contribution in [2.45, 2.75) is 13.8 Å². The first kappa shape index (κ1) is 18.1. The highest BCUT2D eigenvalue weighted by molar-refractivity contribution is 9.10. The number of nitriles is 1. The van der Waals surface area contributed by atoms with Gasteiger partial charge in [0.1, 0.15) is 23.1 Å². The third-order valence-electron chi connectivity index (χ3n) is 2.72. The fraction of sp³-hybridized carbons (Fsp3) is 0.375. The summed E-state index contributed by atoms with van der Waals surface area (Å²) < 4.78 is 11.8. The molecule has 0 heterocycles. The van der Waals surface area contributed by atoms with Gasteiger partial charge < -0.3 is 14.4 Å². The van der Waals surface area contributed by atoms with Crippen LogP contribution < -0.4 is 9.47 Å². The minimum absolute atomic E-state index is 0.0435. The van der Waals surface area contributed by atoms with Gasteiger partial charge in [0.05, 0.1) is 17.7 Å². The summed E-state index contributed by atoms with van der Waals surface area (Å²) in [5.74, 6) is 0.865. The number of hydrogen-bond acceptors (Lipinski definition) is 4. The Morgan fingerprint density at radius 3 is 2.36 bits per heavy atom. The van der Waals surface area contributed by atoms with Gasteiger partial charge in [0.2, 0.25) is 0 Å². The molecule has 118 valence electrons. The maximum Gasteiger partial charge on any atom is 0.264 e. The Labute approximate surface area is 139 Å². The van der Waals surface area contributed by atoms with Crippen LogP contribution in [0.3, 0.4) is 0 Å². The molecule has 0 spiro atoms. The fourth-order valence-electron chi connectivity index (χ4n) is 1.75. The number of likely N-dealkylation sites (N-methyl/N-ethyl adjacent to an activating group) is 1. The summed E-state index contributed by atoms with van der Waals surface area (Å²) in [5, 5.41) is 9.19. The molecule has 0 aliphatic rings. The van der Waals surface area contributed by atoms with Gasteiger partial charge in [-0.3, -0.25) is 4.79 Å². The van der Waals surface area contributed by atoms with Gasteiger partial charge in [-0.25, -0.2) is 0 Å². The molecule has 0 fully saturated rings. The van der Waals surface area contributed by atoms with Crippen LogP contribution in [-0.2, 0) is 4.79 Å². The summed E-state index contributed by atoms with van der Waals surface area (Å²) in [6, 6.07) is 5.45. The van der Waals surface area contributed by atoms with Crippen molar-refractivity contribution in [3.05, 3.63) is 27.7 Å². The largest absolute Gasteiger partial charge is 0.493 e. The topological polar surface area (TPSA) is 62.6 Å². The maximum absolute atomic E-state index is 12.0. The first-order chi connectivity index (χ1) is 10.4. The van der Waals surface area contributed by atoms with Crippen molar-refractivity contribution in [3.8, 4) is 17.6 Å².